The smallest absolute Gasteiger partial charge is 0.315 e. The molecule has 7 heteroatoms. The van der Waals surface area contributed by atoms with E-state index in [0.717, 1.165) is 17.0 Å². The van der Waals surface area contributed by atoms with Crippen LogP contribution in [0.2, 0.25) is 0 Å². The minimum Gasteiger partial charge on any atom is -0.465 e. The molecular formula is C22H23N5O2. The van der Waals surface area contributed by atoms with Gasteiger partial charge in [-0.2, -0.15) is 9.50 Å². The predicted molar refractivity (Wildman–Crippen MR) is 109 cm³/mol. The molecule has 0 amide bonds. The van der Waals surface area contributed by atoms with Gasteiger partial charge in [0.05, 0.1) is 12.3 Å². The van der Waals surface area contributed by atoms with E-state index >= 15 is 0 Å². The highest BCUT2D eigenvalue weighted by Gasteiger charge is 2.26. The SMILES string of the molecule is CCOC(=O)C(Cc1ccccc1)c1ccnc2nc(-n3c(C)ccc3C)nn12. The number of esters is 1. The Hall–Kier alpha value is -3.48. The normalized spacial score (nSPS) is 12.2. The fourth-order valence-electron chi connectivity index (χ4n) is 3.54. The van der Waals surface area contributed by atoms with Crippen LogP contribution >= 0.6 is 0 Å². The van der Waals surface area contributed by atoms with Crippen molar-refractivity contribution in [2.24, 2.45) is 0 Å². The van der Waals surface area contributed by atoms with Crippen molar-refractivity contribution in [1.29, 1.82) is 0 Å². The third-order valence-electron chi connectivity index (χ3n) is 4.94. The van der Waals surface area contributed by atoms with Gasteiger partial charge < -0.3 is 4.74 Å². The van der Waals surface area contributed by atoms with Crippen LogP contribution in [-0.4, -0.2) is 36.7 Å². The van der Waals surface area contributed by atoms with E-state index in [1.54, 1.807) is 10.7 Å². The number of aromatic nitrogens is 5. The van der Waals surface area contributed by atoms with Crippen LogP contribution in [0.25, 0.3) is 11.7 Å². The van der Waals surface area contributed by atoms with E-state index < -0.39 is 5.92 Å². The van der Waals surface area contributed by atoms with Gasteiger partial charge in [0.15, 0.2) is 0 Å². The van der Waals surface area contributed by atoms with Crippen LogP contribution in [0, 0.1) is 13.8 Å². The van der Waals surface area contributed by atoms with E-state index in [-0.39, 0.29) is 5.97 Å². The van der Waals surface area contributed by atoms with Gasteiger partial charge in [-0.05, 0) is 51.0 Å². The molecule has 3 heterocycles. The summed E-state index contributed by atoms with van der Waals surface area (Å²) >= 11 is 0. The summed E-state index contributed by atoms with van der Waals surface area (Å²) in [7, 11) is 0. The number of rotatable bonds is 6. The molecule has 0 fully saturated rings. The molecule has 148 valence electrons. The zero-order valence-electron chi connectivity index (χ0n) is 16.7. The molecule has 0 aliphatic heterocycles. The van der Waals surface area contributed by atoms with Crippen LogP contribution in [0.5, 0.6) is 0 Å². The molecule has 0 radical (unpaired) electrons. The van der Waals surface area contributed by atoms with Gasteiger partial charge in [0.1, 0.15) is 5.92 Å². The van der Waals surface area contributed by atoms with E-state index in [4.69, 9.17) is 4.74 Å². The first kappa shape index (κ1) is 18.9. The molecule has 0 aliphatic rings. The van der Waals surface area contributed by atoms with Gasteiger partial charge in [0, 0.05) is 17.6 Å². The monoisotopic (exact) mass is 389 g/mol. The van der Waals surface area contributed by atoms with E-state index in [2.05, 4.69) is 15.1 Å². The van der Waals surface area contributed by atoms with Crippen LogP contribution in [0.3, 0.4) is 0 Å². The lowest BCUT2D eigenvalue weighted by molar-refractivity contribution is -0.145. The summed E-state index contributed by atoms with van der Waals surface area (Å²) in [6, 6.07) is 15.7. The standard InChI is InChI=1S/C22H23N5O2/c1-4-29-20(28)18(14-17-8-6-5-7-9-17)19-12-13-23-21-24-22(25-27(19)21)26-15(2)10-11-16(26)3/h5-13,18H,4,14H2,1-3H3. The Kier molecular flexibility index (Phi) is 5.12. The second-order valence-corrected chi connectivity index (χ2v) is 6.94. The van der Waals surface area contributed by atoms with Gasteiger partial charge in [-0.25, -0.2) is 4.98 Å². The average molecular weight is 389 g/mol. The van der Waals surface area contributed by atoms with Gasteiger partial charge in [0.2, 0.25) is 0 Å². The molecule has 4 rings (SSSR count). The minimum absolute atomic E-state index is 0.283. The largest absolute Gasteiger partial charge is 0.465 e. The molecule has 0 N–H and O–H groups in total. The molecule has 1 unspecified atom stereocenters. The van der Waals surface area contributed by atoms with Crippen molar-refractivity contribution in [1.82, 2.24) is 24.1 Å². The number of benzene rings is 1. The maximum Gasteiger partial charge on any atom is 0.315 e. The Morgan fingerprint density at radius 3 is 2.48 bits per heavy atom. The van der Waals surface area contributed by atoms with E-state index in [9.17, 15) is 4.79 Å². The van der Waals surface area contributed by atoms with Crippen molar-refractivity contribution >= 4 is 11.7 Å². The lowest BCUT2D eigenvalue weighted by atomic mass is 9.96. The number of hydrogen-bond acceptors (Lipinski definition) is 5. The molecule has 1 aromatic carbocycles. The molecule has 0 spiro atoms. The minimum atomic E-state index is -0.510. The van der Waals surface area contributed by atoms with Gasteiger partial charge >= 0.3 is 5.97 Å². The summed E-state index contributed by atoms with van der Waals surface area (Å²) in [5, 5.41) is 4.68. The molecule has 3 aromatic heterocycles. The van der Waals surface area contributed by atoms with Crippen LogP contribution in [-0.2, 0) is 16.0 Å². The summed E-state index contributed by atoms with van der Waals surface area (Å²) in [5.74, 6) is 0.193. The lowest BCUT2D eigenvalue weighted by Gasteiger charge is -2.16. The first-order chi connectivity index (χ1) is 14.1. The quantitative estimate of drug-likeness (QED) is 0.473. The van der Waals surface area contributed by atoms with Gasteiger partial charge in [0.25, 0.3) is 11.7 Å². The molecule has 7 nitrogen and oxygen atoms in total. The van der Waals surface area contributed by atoms with Crippen molar-refractivity contribution < 1.29 is 9.53 Å². The zero-order valence-corrected chi connectivity index (χ0v) is 16.7. The number of nitrogens with zero attached hydrogens (tertiary/aromatic N) is 5. The Morgan fingerprint density at radius 1 is 1.07 bits per heavy atom. The molecule has 4 aromatic rings. The fourth-order valence-corrected chi connectivity index (χ4v) is 3.54. The Bertz CT molecular complexity index is 1130. The van der Waals surface area contributed by atoms with E-state index in [0.29, 0.717) is 30.4 Å². The van der Waals surface area contributed by atoms with Gasteiger partial charge in [-0.3, -0.25) is 9.36 Å². The summed E-state index contributed by atoms with van der Waals surface area (Å²) in [6.45, 7) is 6.14. The molecule has 29 heavy (non-hydrogen) atoms. The van der Waals surface area contributed by atoms with Crippen LogP contribution in [0.15, 0.2) is 54.7 Å². The Labute approximate surface area is 169 Å². The van der Waals surface area contributed by atoms with Crippen molar-refractivity contribution in [2.45, 2.75) is 33.1 Å². The highest BCUT2D eigenvalue weighted by molar-refractivity contribution is 5.78. The number of fused-ring (bicyclic) bond motifs is 1. The number of carbonyl (C=O) groups excluding carboxylic acids is 1. The fraction of sp³-hybridized carbons (Fsp3) is 0.273. The average Bonchev–Trinajstić information content (AvgIpc) is 3.29. The second-order valence-electron chi connectivity index (χ2n) is 6.94. The highest BCUT2D eigenvalue weighted by atomic mass is 16.5. The summed E-state index contributed by atoms with van der Waals surface area (Å²) in [5.41, 5.74) is 3.82. The van der Waals surface area contributed by atoms with Crippen molar-refractivity contribution in [3.8, 4) is 5.95 Å². The van der Waals surface area contributed by atoms with Crippen molar-refractivity contribution in [2.75, 3.05) is 6.61 Å². The Balaban J connectivity index is 1.82. The summed E-state index contributed by atoms with van der Waals surface area (Å²) in [4.78, 5) is 21.8. The predicted octanol–water partition coefficient (Wildman–Crippen LogP) is 3.42. The van der Waals surface area contributed by atoms with Crippen molar-refractivity contribution in [3.05, 3.63) is 77.4 Å². The first-order valence-electron chi connectivity index (χ1n) is 9.66. The summed E-state index contributed by atoms with van der Waals surface area (Å²) in [6.07, 6.45) is 2.17. The molecule has 0 bridgehead atoms. The third kappa shape index (κ3) is 3.63. The van der Waals surface area contributed by atoms with Crippen molar-refractivity contribution in [3.63, 3.8) is 0 Å². The lowest BCUT2D eigenvalue weighted by Crippen LogP contribution is -2.21. The maximum absolute atomic E-state index is 12.8. The topological polar surface area (TPSA) is 74.3 Å². The van der Waals surface area contributed by atoms with Crippen LogP contribution in [0.4, 0.5) is 0 Å². The molecular weight excluding hydrogens is 366 g/mol. The Morgan fingerprint density at radius 2 is 1.79 bits per heavy atom. The van der Waals surface area contributed by atoms with Crippen LogP contribution in [0.1, 0.15) is 35.5 Å². The third-order valence-corrected chi connectivity index (χ3v) is 4.94. The second kappa shape index (κ2) is 7.87. The first-order valence-corrected chi connectivity index (χ1v) is 9.66. The molecule has 0 aliphatic carbocycles. The maximum atomic E-state index is 12.8. The van der Waals surface area contributed by atoms with E-state index in [1.807, 2.05) is 73.9 Å². The van der Waals surface area contributed by atoms with E-state index in [1.165, 1.54) is 0 Å². The molecule has 1 atom stereocenters. The van der Waals surface area contributed by atoms with Crippen LogP contribution < -0.4 is 0 Å². The summed E-state index contributed by atoms with van der Waals surface area (Å²) < 4.78 is 8.99. The number of ether oxygens (including phenoxy) is 1. The van der Waals surface area contributed by atoms with Gasteiger partial charge in [-0.1, -0.05) is 30.3 Å². The zero-order chi connectivity index (χ0) is 20.4. The number of aryl methyl sites for hydroxylation is 2. The van der Waals surface area contributed by atoms with Gasteiger partial charge in [-0.15, -0.1) is 5.10 Å². The highest BCUT2D eigenvalue weighted by Crippen LogP contribution is 2.24. The number of carbonyl (C=O) groups is 1. The molecule has 0 saturated carbocycles. The molecule has 0 saturated heterocycles. The number of hydrogen-bond donors (Lipinski definition) is 0.